The number of nitrogens with zero attached hydrogens (tertiary/aromatic N) is 3. The number of aryl methyl sites for hydroxylation is 1. The first kappa shape index (κ1) is 15.5. The fourth-order valence-electron chi connectivity index (χ4n) is 2.25. The Morgan fingerprint density at radius 1 is 1.04 bits per heavy atom. The van der Waals surface area contributed by atoms with Crippen molar-refractivity contribution in [3.8, 4) is 0 Å². The smallest absolute Gasteiger partial charge is 0.231 e. The molecule has 0 spiro atoms. The molecule has 1 N–H and O–H groups in total. The molecule has 0 radical (unpaired) electrons. The second-order valence-electron chi connectivity index (χ2n) is 5.22. The van der Waals surface area contributed by atoms with Gasteiger partial charge in [0.15, 0.2) is 0 Å². The molecule has 116 valence electrons. The van der Waals surface area contributed by atoms with Crippen LogP contribution < -0.4 is 10.2 Å². The summed E-state index contributed by atoms with van der Waals surface area (Å²) in [7, 11) is 1.96. The first-order valence-corrected chi connectivity index (χ1v) is 8.08. The molecule has 23 heavy (non-hydrogen) atoms. The quantitative estimate of drug-likeness (QED) is 0.698. The minimum absolute atomic E-state index is 0.649. The van der Waals surface area contributed by atoms with Gasteiger partial charge in [-0.1, -0.05) is 34.1 Å². The van der Waals surface area contributed by atoms with Gasteiger partial charge in [-0.25, -0.2) is 4.98 Å². The third-order valence-corrected chi connectivity index (χ3v) is 4.03. The number of anilines is 4. The Balaban J connectivity index is 1.85. The standard InChI is InChI=1S/C18H17BrN4/c1-13-12-14(19)8-9-16(13)21-17-10-11-20-18(22-17)23(2)15-6-4-3-5-7-15/h3-12H,1-2H3,(H,20,21,22). The Morgan fingerprint density at radius 2 is 1.83 bits per heavy atom. The predicted octanol–water partition coefficient (Wildman–Crippen LogP) is 5.06. The van der Waals surface area contributed by atoms with Gasteiger partial charge in [-0.05, 0) is 48.9 Å². The Hall–Kier alpha value is -2.40. The Morgan fingerprint density at radius 3 is 2.57 bits per heavy atom. The number of halogens is 1. The van der Waals surface area contributed by atoms with Gasteiger partial charge in [0.05, 0.1) is 0 Å². The van der Waals surface area contributed by atoms with Gasteiger partial charge in [-0.3, -0.25) is 0 Å². The second-order valence-corrected chi connectivity index (χ2v) is 6.14. The lowest BCUT2D eigenvalue weighted by Crippen LogP contribution is -2.13. The number of para-hydroxylation sites is 1. The van der Waals surface area contributed by atoms with E-state index < -0.39 is 0 Å². The van der Waals surface area contributed by atoms with E-state index in [1.54, 1.807) is 6.20 Å². The van der Waals surface area contributed by atoms with E-state index in [0.29, 0.717) is 5.95 Å². The molecule has 0 amide bonds. The van der Waals surface area contributed by atoms with E-state index in [1.165, 1.54) is 0 Å². The van der Waals surface area contributed by atoms with Crippen molar-refractivity contribution in [2.45, 2.75) is 6.92 Å². The normalized spacial score (nSPS) is 10.4. The predicted molar refractivity (Wildman–Crippen MR) is 98.7 cm³/mol. The zero-order chi connectivity index (χ0) is 16.2. The van der Waals surface area contributed by atoms with Crippen molar-refractivity contribution in [3.63, 3.8) is 0 Å². The Bertz CT molecular complexity index is 805. The van der Waals surface area contributed by atoms with Crippen molar-refractivity contribution in [1.82, 2.24) is 9.97 Å². The van der Waals surface area contributed by atoms with E-state index in [4.69, 9.17) is 0 Å². The van der Waals surface area contributed by atoms with Gasteiger partial charge in [0.25, 0.3) is 0 Å². The topological polar surface area (TPSA) is 41.1 Å². The van der Waals surface area contributed by atoms with Crippen molar-refractivity contribution < 1.29 is 0 Å². The number of hydrogen-bond donors (Lipinski definition) is 1. The number of hydrogen-bond acceptors (Lipinski definition) is 4. The number of nitrogens with one attached hydrogen (secondary N) is 1. The second kappa shape index (κ2) is 6.79. The van der Waals surface area contributed by atoms with Crippen molar-refractivity contribution in [2.75, 3.05) is 17.3 Å². The van der Waals surface area contributed by atoms with Crippen molar-refractivity contribution in [2.24, 2.45) is 0 Å². The summed E-state index contributed by atoms with van der Waals surface area (Å²) in [5.74, 6) is 1.42. The van der Waals surface area contributed by atoms with Gasteiger partial charge in [-0.15, -0.1) is 0 Å². The van der Waals surface area contributed by atoms with Crippen LogP contribution in [0.3, 0.4) is 0 Å². The maximum Gasteiger partial charge on any atom is 0.231 e. The van der Waals surface area contributed by atoms with Crippen LogP contribution in [-0.2, 0) is 0 Å². The van der Waals surface area contributed by atoms with Crippen molar-refractivity contribution in [3.05, 3.63) is 70.8 Å². The largest absolute Gasteiger partial charge is 0.340 e. The molecular formula is C18H17BrN4. The van der Waals surface area contributed by atoms with E-state index in [9.17, 15) is 0 Å². The highest BCUT2D eigenvalue weighted by molar-refractivity contribution is 9.10. The van der Waals surface area contributed by atoms with Crippen molar-refractivity contribution >= 4 is 39.1 Å². The van der Waals surface area contributed by atoms with Gasteiger partial charge in [0.1, 0.15) is 5.82 Å². The summed E-state index contributed by atoms with van der Waals surface area (Å²) < 4.78 is 1.06. The summed E-state index contributed by atoms with van der Waals surface area (Å²) in [5.41, 5.74) is 3.22. The van der Waals surface area contributed by atoms with Gasteiger partial charge >= 0.3 is 0 Å². The van der Waals surface area contributed by atoms with Gasteiger partial charge in [-0.2, -0.15) is 4.98 Å². The summed E-state index contributed by atoms with van der Waals surface area (Å²) in [6.07, 6.45) is 1.76. The fraction of sp³-hybridized carbons (Fsp3) is 0.111. The summed E-state index contributed by atoms with van der Waals surface area (Å²) in [4.78, 5) is 10.9. The summed E-state index contributed by atoms with van der Waals surface area (Å²) in [6.45, 7) is 2.06. The molecule has 2 aromatic carbocycles. The molecule has 0 bridgehead atoms. The fourth-order valence-corrected chi connectivity index (χ4v) is 2.73. The van der Waals surface area contributed by atoms with E-state index in [0.717, 1.165) is 27.2 Å². The first-order chi connectivity index (χ1) is 11.1. The molecule has 1 aromatic heterocycles. The Kier molecular flexibility index (Phi) is 4.57. The summed E-state index contributed by atoms with van der Waals surface area (Å²) >= 11 is 3.48. The summed E-state index contributed by atoms with van der Waals surface area (Å²) in [5, 5.41) is 3.35. The molecule has 1 heterocycles. The highest BCUT2D eigenvalue weighted by Crippen LogP contribution is 2.25. The lowest BCUT2D eigenvalue weighted by Gasteiger charge is -2.18. The average Bonchev–Trinajstić information content (AvgIpc) is 2.58. The SMILES string of the molecule is Cc1cc(Br)ccc1Nc1ccnc(N(C)c2ccccc2)n1. The van der Waals surface area contributed by atoms with Crippen molar-refractivity contribution in [1.29, 1.82) is 0 Å². The lowest BCUT2D eigenvalue weighted by molar-refractivity contribution is 1.04. The van der Waals surface area contributed by atoms with Crippen LogP contribution in [0.4, 0.5) is 23.1 Å². The third kappa shape index (κ3) is 3.68. The molecule has 0 atom stereocenters. The molecule has 0 unspecified atom stereocenters. The lowest BCUT2D eigenvalue weighted by atomic mass is 10.2. The van der Waals surface area contributed by atoms with Gasteiger partial charge in [0.2, 0.25) is 5.95 Å². The molecule has 0 aliphatic carbocycles. The van der Waals surface area contributed by atoms with Crippen LogP contribution in [-0.4, -0.2) is 17.0 Å². The molecule has 3 aromatic rings. The van der Waals surface area contributed by atoms with Gasteiger partial charge in [0, 0.05) is 29.1 Å². The minimum Gasteiger partial charge on any atom is -0.340 e. The monoisotopic (exact) mass is 368 g/mol. The summed E-state index contributed by atoms with van der Waals surface area (Å²) in [6, 6.07) is 18.0. The van der Waals surface area contributed by atoms with E-state index in [1.807, 2.05) is 60.5 Å². The van der Waals surface area contributed by atoms with Crippen LogP contribution in [0.2, 0.25) is 0 Å². The van der Waals surface area contributed by atoms with Gasteiger partial charge < -0.3 is 10.2 Å². The van der Waals surface area contributed by atoms with Crippen LogP contribution in [0.15, 0.2) is 65.3 Å². The number of aromatic nitrogens is 2. The van der Waals surface area contributed by atoms with E-state index in [-0.39, 0.29) is 0 Å². The zero-order valence-corrected chi connectivity index (χ0v) is 14.6. The van der Waals surface area contributed by atoms with E-state index >= 15 is 0 Å². The zero-order valence-electron chi connectivity index (χ0n) is 13.0. The molecular weight excluding hydrogens is 352 g/mol. The van der Waals surface area contributed by atoms with Crippen LogP contribution in [0.25, 0.3) is 0 Å². The molecule has 0 saturated carbocycles. The number of rotatable bonds is 4. The Labute approximate surface area is 144 Å². The van der Waals surface area contributed by atoms with Crippen LogP contribution >= 0.6 is 15.9 Å². The molecule has 4 nitrogen and oxygen atoms in total. The maximum atomic E-state index is 4.60. The first-order valence-electron chi connectivity index (χ1n) is 7.28. The molecule has 3 rings (SSSR count). The molecule has 0 aliphatic rings. The van der Waals surface area contributed by atoms with Crippen LogP contribution in [0.5, 0.6) is 0 Å². The van der Waals surface area contributed by atoms with Crippen LogP contribution in [0, 0.1) is 6.92 Å². The molecule has 5 heteroatoms. The van der Waals surface area contributed by atoms with E-state index in [2.05, 4.69) is 44.2 Å². The maximum absolute atomic E-state index is 4.60. The minimum atomic E-state index is 0.649. The molecule has 0 fully saturated rings. The highest BCUT2D eigenvalue weighted by Gasteiger charge is 2.08. The van der Waals surface area contributed by atoms with Crippen LogP contribution in [0.1, 0.15) is 5.56 Å². The highest BCUT2D eigenvalue weighted by atomic mass is 79.9. The third-order valence-electron chi connectivity index (χ3n) is 3.54. The number of benzene rings is 2. The molecule has 0 saturated heterocycles. The molecule has 0 aliphatic heterocycles. The average molecular weight is 369 g/mol.